The lowest BCUT2D eigenvalue weighted by molar-refractivity contribution is -0.131. The third-order valence-corrected chi connectivity index (χ3v) is 7.58. The average Bonchev–Trinajstić information content (AvgIpc) is 3.13. The molecule has 188 valence electrons. The van der Waals surface area contributed by atoms with Crippen LogP contribution in [-0.2, 0) is 16.1 Å². The second-order valence-electron chi connectivity index (χ2n) is 9.31. The number of piperazine rings is 1. The highest BCUT2D eigenvalue weighted by Gasteiger charge is 2.31. The van der Waals surface area contributed by atoms with Crippen LogP contribution in [-0.4, -0.2) is 65.6 Å². The fourth-order valence-electron chi connectivity index (χ4n) is 5.36. The molecule has 0 amide bonds. The van der Waals surface area contributed by atoms with Crippen LogP contribution in [0.25, 0.3) is 10.9 Å². The molecule has 35 heavy (non-hydrogen) atoms. The van der Waals surface area contributed by atoms with Crippen molar-refractivity contribution in [1.29, 1.82) is 5.26 Å². The molecule has 0 N–H and O–H groups in total. The quantitative estimate of drug-likeness (QED) is 0.284. The van der Waals surface area contributed by atoms with Gasteiger partial charge in [-0.2, -0.15) is 5.26 Å². The van der Waals surface area contributed by atoms with Crippen molar-refractivity contribution >= 4 is 38.8 Å². The fourth-order valence-corrected chi connectivity index (χ4v) is 5.77. The molecule has 2 heterocycles. The summed E-state index contributed by atoms with van der Waals surface area (Å²) in [4.78, 5) is 29.6. The first-order valence-corrected chi connectivity index (χ1v) is 13.3. The van der Waals surface area contributed by atoms with E-state index in [0.29, 0.717) is 34.9 Å². The van der Waals surface area contributed by atoms with E-state index in [1.165, 1.54) is 13.3 Å². The summed E-state index contributed by atoms with van der Waals surface area (Å²) >= 11 is 3.58. The Kier molecular flexibility index (Phi) is 8.47. The molecule has 0 atom stereocenters. The van der Waals surface area contributed by atoms with E-state index in [-0.39, 0.29) is 12.6 Å². The van der Waals surface area contributed by atoms with Crippen LogP contribution in [0.5, 0.6) is 5.75 Å². The van der Waals surface area contributed by atoms with Gasteiger partial charge in [-0.15, -0.1) is 0 Å². The normalized spacial score (nSPS) is 17.9. The van der Waals surface area contributed by atoms with Crippen molar-refractivity contribution in [2.45, 2.75) is 58.5 Å². The Morgan fingerprint density at radius 1 is 1.11 bits per heavy atom. The van der Waals surface area contributed by atoms with Crippen molar-refractivity contribution < 1.29 is 19.1 Å². The Morgan fingerprint density at radius 3 is 2.43 bits per heavy atom. The van der Waals surface area contributed by atoms with E-state index >= 15 is 0 Å². The molecule has 8 nitrogen and oxygen atoms in total. The Hall–Kier alpha value is -2.41. The topological polar surface area (TPSA) is 87.8 Å². The number of aromatic nitrogens is 1. The molecule has 1 aromatic carbocycles. The number of carbonyl (C=O) groups excluding carboxylic acids is 2. The maximum atomic E-state index is 13.4. The molecular formula is C26H33BrN4O4. The number of hydrogen-bond acceptors (Lipinski definition) is 7. The maximum Gasteiger partial charge on any atom is 0.340 e. The summed E-state index contributed by atoms with van der Waals surface area (Å²) < 4.78 is 14.0. The average molecular weight is 545 g/mol. The van der Waals surface area contributed by atoms with Crippen molar-refractivity contribution in [1.82, 2.24) is 14.4 Å². The Labute approximate surface area is 214 Å². The number of rotatable bonds is 7. The fraction of sp³-hybridized carbons (Fsp3) is 0.577. The van der Waals surface area contributed by atoms with Gasteiger partial charge in [-0.25, -0.2) is 4.79 Å². The first-order valence-electron chi connectivity index (χ1n) is 12.5. The highest BCUT2D eigenvalue weighted by molar-refractivity contribution is 9.10. The van der Waals surface area contributed by atoms with Crippen LogP contribution < -0.4 is 4.74 Å². The SMILES string of the molecule is CCOC(=O)c1c(CN2CCN(CC#N)CC2)n(C2CCCCC2)c2cc(Br)c(OC(C)=O)cc12. The Bertz CT molecular complexity index is 1120. The van der Waals surface area contributed by atoms with Crippen LogP contribution in [0.4, 0.5) is 0 Å². The van der Waals surface area contributed by atoms with Gasteiger partial charge < -0.3 is 14.0 Å². The molecule has 0 radical (unpaired) electrons. The van der Waals surface area contributed by atoms with Crippen molar-refractivity contribution in [2.75, 3.05) is 39.3 Å². The summed E-state index contributed by atoms with van der Waals surface area (Å²) in [5.74, 6) is -0.362. The minimum absolute atomic E-state index is 0.286. The Morgan fingerprint density at radius 2 is 1.80 bits per heavy atom. The van der Waals surface area contributed by atoms with Gasteiger partial charge in [0.2, 0.25) is 0 Å². The number of carbonyl (C=O) groups is 2. The van der Waals surface area contributed by atoms with Crippen LogP contribution >= 0.6 is 15.9 Å². The third-order valence-electron chi connectivity index (χ3n) is 6.96. The number of halogens is 1. The van der Waals surface area contributed by atoms with Crippen molar-refractivity contribution in [3.63, 3.8) is 0 Å². The van der Waals surface area contributed by atoms with Gasteiger partial charge in [0.05, 0.1) is 34.8 Å². The molecule has 2 aliphatic rings. The van der Waals surface area contributed by atoms with Crippen molar-refractivity contribution in [2.24, 2.45) is 0 Å². The zero-order valence-corrected chi connectivity index (χ0v) is 22.1. The molecule has 9 heteroatoms. The number of nitriles is 1. The zero-order chi connectivity index (χ0) is 24.9. The lowest BCUT2D eigenvalue weighted by Gasteiger charge is -2.34. The van der Waals surface area contributed by atoms with Gasteiger partial charge in [-0.3, -0.25) is 14.6 Å². The summed E-state index contributed by atoms with van der Waals surface area (Å²) in [5.41, 5.74) is 2.49. The van der Waals surface area contributed by atoms with Gasteiger partial charge in [-0.05, 0) is 47.8 Å². The van der Waals surface area contributed by atoms with Gasteiger partial charge in [0, 0.05) is 56.8 Å². The van der Waals surface area contributed by atoms with Crippen LogP contribution in [0.3, 0.4) is 0 Å². The summed E-state index contributed by atoms with van der Waals surface area (Å²) in [6, 6.07) is 6.30. The largest absolute Gasteiger partial charge is 0.462 e. The molecule has 1 saturated heterocycles. The molecular weight excluding hydrogens is 512 g/mol. The molecule has 1 aliphatic carbocycles. The van der Waals surface area contributed by atoms with Gasteiger partial charge in [-0.1, -0.05) is 19.3 Å². The van der Waals surface area contributed by atoms with Gasteiger partial charge in [0.25, 0.3) is 0 Å². The van der Waals surface area contributed by atoms with E-state index in [2.05, 4.69) is 36.4 Å². The van der Waals surface area contributed by atoms with E-state index in [4.69, 9.17) is 14.7 Å². The van der Waals surface area contributed by atoms with Crippen LogP contribution in [0.2, 0.25) is 0 Å². The minimum Gasteiger partial charge on any atom is -0.462 e. The Balaban J connectivity index is 1.83. The van der Waals surface area contributed by atoms with Crippen LogP contribution in [0.1, 0.15) is 68.0 Å². The number of ether oxygens (including phenoxy) is 2. The summed E-state index contributed by atoms with van der Waals surface area (Å²) in [6.45, 7) is 7.85. The van der Waals surface area contributed by atoms with Gasteiger partial charge in [0.1, 0.15) is 5.75 Å². The standard InChI is InChI=1S/C26H33BrN4O4/c1-3-34-26(33)25-20-15-24(35-18(2)32)21(27)16-22(20)31(19-7-5-4-6-8-19)23(25)17-30-13-11-29(10-9-28)12-14-30/h15-16,19H,3-8,10-14,17H2,1-2H3. The van der Waals surface area contributed by atoms with Crippen molar-refractivity contribution in [3.8, 4) is 11.8 Å². The first kappa shape index (κ1) is 25.7. The minimum atomic E-state index is -0.412. The van der Waals surface area contributed by atoms with Crippen LogP contribution in [0.15, 0.2) is 16.6 Å². The molecule has 2 aromatic rings. The predicted molar refractivity (Wildman–Crippen MR) is 136 cm³/mol. The molecule has 4 rings (SSSR count). The van der Waals surface area contributed by atoms with Crippen molar-refractivity contribution in [3.05, 3.63) is 27.9 Å². The zero-order valence-electron chi connectivity index (χ0n) is 20.5. The molecule has 1 aromatic heterocycles. The lowest BCUT2D eigenvalue weighted by Crippen LogP contribution is -2.46. The van der Waals surface area contributed by atoms with E-state index < -0.39 is 5.97 Å². The molecule has 0 spiro atoms. The number of hydrogen-bond donors (Lipinski definition) is 0. The molecule has 1 aliphatic heterocycles. The maximum absolute atomic E-state index is 13.4. The second kappa shape index (κ2) is 11.5. The number of nitrogens with zero attached hydrogens (tertiary/aromatic N) is 4. The summed E-state index contributed by atoms with van der Waals surface area (Å²) in [5, 5.41) is 9.79. The smallest absolute Gasteiger partial charge is 0.340 e. The van der Waals surface area contributed by atoms with E-state index in [1.807, 2.05) is 13.0 Å². The van der Waals surface area contributed by atoms with Gasteiger partial charge >= 0.3 is 11.9 Å². The molecule has 1 saturated carbocycles. The number of benzene rings is 1. The predicted octanol–water partition coefficient (Wildman–Crippen LogP) is 4.65. The third kappa shape index (κ3) is 5.71. The second-order valence-corrected chi connectivity index (χ2v) is 10.2. The van der Waals surface area contributed by atoms with E-state index in [9.17, 15) is 9.59 Å². The molecule has 0 unspecified atom stereocenters. The first-order chi connectivity index (χ1) is 16.9. The molecule has 0 bridgehead atoms. The van der Waals surface area contributed by atoms with E-state index in [1.54, 1.807) is 6.07 Å². The summed E-state index contributed by atoms with van der Waals surface area (Å²) in [7, 11) is 0. The molecule has 2 fully saturated rings. The van der Waals surface area contributed by atoms with Gasteiger partial charge in [0.15, 0.2) is 0 Å². The highest BCUT2D eigenvalue weighted by Crippen LogP contribution is 2.41. The number of fused-ring (bicyclic) bond motifs is 1. The summed E-state index contributed by atoms with van der Waals surface area (Å²) in [6.07, 6.45) is 5.70. The lowest BCUT2D eigenvalue weighted by atomic mass is 9.95. The highest BCUT2D eigenvalue weighted by atomic mass is 79.9. The van der Waals surface area contributed by atoms with Crippen LogP contribution in [0, 0.1) is 11.3 Å². The monoisotopic (exact) mass is 544 g/mol. The van der Waals surface area contributed by atoms with E-state index in [0.717, 1.165) is 68.5 Å². The number of esters is 2.